The molecule has 0 radical (unpaired) electrons. The van der Waals surface area contributed by atoms with Crippen LogP contribution in [0.5, 0.6) is 5.75 Å². The first-order valence-corrected chi connectivity index (χ1v) is 12.2. The van der Waals surface area contributed by atoms with E-state index in [0.717, 1.165) is 12.2 Å². The molecule has 0 unspecified atom stereocenters. The van der Waals surface area contributed by atoms with Gasteiger partial charge in [0.2, 0.25) is 10.9 Å². The molecule has 174 valence electrons. The summed E-state index contributed by atoms with van der Waals surface area (Å²) < 4.78 is 38.6. The van der Waals surface area contributed by atoms with E-state index in [0.29, 0.717) is 11.5 Å². The van der Waals surface area contributed by atoms with Crippen LogP contribution in [0.15, 0.2) is 58.2 Å². The molecule has 1 aliphatic rings. The van der Waals surface area contributed by atoms with E-state index < -0.39 is 16.0 Å². The predicted molar refractivity (Wildman–Crippen MR) is 123 cm³/mol. The maximum atomic E-state index is 12.8. The molecule has 9 heteroatoms. The van der Waals surface area contributed by atoms with Crippen LogP contribution >= 0.6 is 0 Å². The van der Waals surface area contributed by atoms with E-state index in [1.807, 2.05) is 12.1 Å². The highest BCUT2D eigenvalue weighted by molar-refractivity contribution is 7.92. The van der Waals surface area contributed by atoms with E-state index in [1.165, 1.54) is 56.6 Å². The number of aromatic nitrogens is 1. The molecule has 1 aromatic heterocycles. The van der Waals surface area contributed by atoms with Gasteiger partial charge in [-0.3, -0.25) is 4.72 Å². The number of carboxylic acids is 1. The average molecular weight is 471 g/mol. The summed E-state index contributed by atoms with van der Waals surface area (Å²) in [5, 5.41) is 8.82. The summed E-state index contributed by atoms with van der Waals surface area (Å²) in [7, 11) is -2.76. The molecule has 8 nitrogen and oxygen atoms in total. The zero-order chi connectivity index (χ0) is 23.6. The second-order valence-corrected chi connectivity index (χ2v) is 10.0. The number of hydrogen-bond acceptors (Lipinski definition) is 6. The third-order valence-electron chi connectivity index (χ3n) is 6.10. The number of rotatable bonds is 7. The number of benzene rings is 2. The summed E-state index contributed by atoms with van der Waals surface area (Å²) in [4.78, 5) is 15.3. The monoisotopic (exact) mass is 470 g/mol. The molecule has 3 aromatic rings. The zero-order valence-corrected chi connectivity index (χ0v) is 19.3. The summed E-state index contributed by atoms with van der Waals surface area (Å²) in [6.45, 7) is 2.30. The average Bonchev–Trinajstić information content (AvgIpc) is 3.31. The van der Waals surface area contributed by atoms with Crippen LogP contribution in [-0.4, -0.2) is 31.6 Å². The summed E-state index contributed by atoms with van der Waals surface area (Å²) in [6.07, 6.45) is 5.93. The van der Waals surface area contributed by atoms with Gasteiger partial charge in [-0.15, -0.1) is 0 Å². The van der Waals surface area contributed by atoms with Crippen molar-refractivity contribution >= 4 is 21.7 Å². The van der Waals surface area contributed by atoms with Gasteiger partial charge in [-0.2, -0.15) is 13.4 Å². The lowest BCUT2D eigenvalue weighted by Gasteiger charge is -2.26. The van der Waals surface area contributed by atoms with E-state index in [4.69, 9.17) is 14.3 Å². The molecule has 0 atom stereocenters. The van der Waals surface area contributed by atoms with E-state index >= 15 is 0 Å². The first-order chi connectivity index (χ1) is 15.8. The van der Waals surface area contributed by atoms with Crippen molar-refractivity contribution in [2.45, 2.75) is 43.6 Å². The van der Waals surface area contributed by atoms with E-state index in [2.05, 4.69) is 28.8 Å². The zero-order valence-electron chi connectivity index (χ0n) is 18.4. The SMILES string of the molecule is COc1cc(C(=O)O)ccc1NS(=O)(=O)c1coc(-c2ccc(C3CCC(C)CC3)cc2)n1. The number of oxazole rings is 1. The summed E-state index contributed by atoms with van der Waals surface area (Å²) in [6, 6.07) is 11.8. The molecular formula is C24H26N2O6S. The van der Waals surface area contributed by atoms with Crippen LogP contribution in [0.4, 0.5) is 5.69 Å². The minimum Gasteiger partial charge on any atom is -0.495 e. The molecule has 0 saturated heterocycles. The predicted octanol–water partition coefficient (Wildman–Crippen LogP) is 5.14. The lowest BCUT2D eigenvalue weighted by atomic mass is 9.79. The molecule has 0 spiro atoms. The van der Waals surface area contributed by atoms with Crippen molar-refractivity contribution in [3.8, 4) is 17.2 Å². The molecule has 0 amide bonds. The van der Waals surface area contributed by atoms with Crippen LogP contribution in [0.1, 0.15) is 54.4 Å². The fourth-order valence-electron chi connectivity index (χ4n) is 4.11. The number of nitrogens with one attached hydrogen (secondary N) is 1. The van der Waals surface area contributed by atoms with Crippen molar-refractivity contribution < 1.29 is 27.5 Å². The minimum absolute atomic E-state index is 0.0234. The van der Waals surface area contributed by atoms with Crippen molar-refractivity contribution in [2.75, 3.05) is 11.8 Å². The minimum atomic E-state index is -4.08. The van der Waals surface area contributed by atoms with Crippen molar-refractivity contribution in [3.63, 3.8) is 0 Å². The number of ether oxygens (including phenoxy) is 1. The first-order valence-electron chi connectivity index (χ1n) is 10.8. The number of nitrogens with zero attached hydrogens (tertiary/aromatic N) is 1. The molecule has 1 aliphatic carbocycles. The van der Waals surface area contributed by atoms with Crippen molar-refractivity contribution in [1.29, 1.82) is 0 Å². The van der Waals surface area contributed by atoms with E-state index in [-0.39, 0.29) is 27.9 Å². The number of anilines is 1. The third-order valence-corrected chi connectivity index (χ3v) is 7.32. The van der Waals surface area contributed by atoms with Crippen molar-refractivity contribution in [2.24, 2.45) is 5.92 Å². The smallest absolute Gasteiger partial charge is 0.335 e. The van der Waals surface area contributed by atoms with Crippen LogP contribution in [0, 0.1) is 5.92 Å². The molecule has 1 saturated carbocycles. The van der Waals surface area contributed by atoms with Crippen LogP contribution in [-0.2, 0) is 10.0 Å². The van der Waals surface area contributed by atoms with Gasteiger partial charge in [0, 0.05) is 5.56 Å². The van der Waals surface area contributed by atoms with Gasteiger partial charge in [0.15, 0.2) is 0 Å². The molecular weight excluding hydrogens is 444 g/mol. The molecule has 1 heterocycles. The van der Waals surface area contributed by atoms with Crippen LogP contribution in [0.25, 0.3) is 11.5 Å². The molecule has 4 rings (SSSR count). The molecule has 33 heavy (non-hydrogen) atoms. The van der Waals surface area contributed by atoms with Gasteiger partial charge in [0.05, 0.1) is 18.4 Å². The van der Waals surface area contributed by atoms with Crippen LogP contribution < -0.4 is 9.46 Å². The Morgan fingerprint density at radius 1 is 1.12 bits per heavy atom. The highest BCUT2D eigenvalue weighted by Crippen LogP contribution is 2.36. The van der Waals surface area contributed by atoms with Crippen LogP contribution in [0.3, 0.4) is 0 Å². The molecule has 1 fully saturated rings. The third kappa shape index (κ3) is 5.03. The fraction of sp³-hybridized carbons (Fsp3) is 0.333. The lowest BCUT2D eigenvalue weighted by Crippen LogP contribution is -2.14. The summed E-state index contributed by atoms with van der Waals surface area (Å²) in [5.74, 6) is 0.481. The number of hydrogen-bond donors (Lipinski definition) is 2. The maximum Gasteiger partial charge on any atom is 0.335 e. The van der Waals surface area contributed by atoms with E-state index in [1.54, 1.807) is 0 Å². The Morgan fingerprint density at radius 2 is 1.82 bits per heavy atom. The first kappa shape index (κ1) is 22.8. The molecule has 2 aromatic carbocycles. The number of aromatic carboxylic acids is 1. The van der Waals surface area contributed by atoms with Gasteiger partial charge in [-0.1, -0.05) is 31.9 Å². The Bertz CT molecular complexity index is 1240. The van der Waals surface area contributed by atoms with Gasteiger partial charge in [0.1, 0.15) is 12.0 Å². The van der Waals surface area contributed by atoms with Gasteiger partial charge in [0.25, 0.3) is 10.0 Å². The summed E-state index contributed by atoms with van der Waals surface area (Å²) in [5.41, 5.74) is 2.04. The Hall–Kier alpha value is -3.33. The van der Waals surface area contributed by atoms with Crippen LogP contribution in [0.2, 0.25) is 0 Å². The van der Waals surface area contributed by atoms with Gasteiger partial charge >= 0.3 is 5.97 Å². The maximum absolute atomic E-state index is 12.8. The second-order valence-electron chi connectivity index (χ2n) is 8.40. The van der Waals surface area contributed by atoms with Gasteiger partial charge < -0.3 is 14.3 Å². The topological polar surface area (TPSA) is 119 Å². The number of carbonyl (C=O) groups is 1. The number of sulfonamides is 1. The van der Waals surface area contributed by atoms with E-state index in [9.17, 15) is 13.2 Å². The highest BCUT2D eigenvalue weighted by atomic mass is 32.2. The van der Waals surface area contributed by atoms with Gasteiger partial charge in [-0.25, -0.2) is 4.79 Å². The Morgan fingerprint density at radius 3 is 2.45 bits per heavy atom. The fourth-order valence-corrected chi connectivity index (χ4v) is 5.05. The normalized spacial score (nSPS) is 18.6. The standard InChI is InChI=1S/C24H26N2O6S/c1-15-3-5-16(6-4-15)17-7-9-18(10-8-17)23-25-22(14-32-23)33(29,30)26-20-12-11-19(24(27)28)13-21(20)31-2/h7-16,26H,3-6H2,1-2H3,(H,27,28). The Kier molecular flexibility index (Phi) is 6.42. The molecule has 0 aliphatic heterocycles. The molecule has 2 N–H and O–H groups in total. The summed E-state index contributed by atoms with van der Waals surface area (Å²) >= 11 is 0. The lowest BCUT2D eigenvalue weighted by molar-refractivity contribution is 0.0696. The second kappa shape index (κ2) is 9.27. The highest BCUT2D eigenvalue weighted by Gasteiger charge is 2.23. The van der Waals surface area contributed by atoms with Crippen molar-refractivity contribution in [3.05, 3.63) is 59.9 Å². The largest absolute Gasteiger partial charge is 0.495 e. The Balaban J connectivity index is 1.51. The molecule has 0 bridgehead atoms. The van der Waals surface area contributed by atoms with Gasteiger partial charge in [-0.05, 0) is 60.6 Å². The Labute approximate surface area is 192 Å². The quantitative estimate of drug-likeness (QED) is 0.490. The van der Waals surface area contributed by atoms with Crippen molar-refractivity contribution in [1.82, 2.24) is 4.98 Å². The number of methoxy groups -OCH3 is 1. The number of carboxylic acid groups (broad SMARTS) is 1.